The molecule has 0 radical (unpaired) electrons. The number of fused-ring (bicyclic) bond motifs is 2. The van der Waals surface area contributed by atoms with Gasteiger partial charge < -0.3 is 29.3 Å². The van der Waals surface area contributed by atoms with Crippen molar-refractivity contribution in [2.24, 2.45) is 0 Å². The van der Waals surface area contributed by atoms with E-state index in [4.69, 9.17) is 4.74 Å². The zero-order valence-electron chi connectivity index (χ0n) is 20.9. The van der Waals surface area contributed by atoms with Gasteiger partial charge >= 0.3 is 12.1 Å². The molecular formula is C28H29N3O6. The van der Waals surface area contributed by atoms with Crippen molar-refractivity contribution in [2.45, 2.75) is 38.8 Å². The van der Waals surface area contributed by atoms with Crippen LogP contribution in [0.1, 0.15) is 50.4 Å². The third-order valence-electron chi connectivity index (χ3n) is 7.33. The lowest BCUT2D eigenvalue weighted by molar-refractivity contribution is 0.0601. The molecule has 0 unspecified atom stereocenters. The van der Waals surface area contributed by atoms with E-state index in [0.717, 1.165) is 48.3 Å². The fourth-order valence-corrected chi connectivity index (χ4v) is 5.32. The van der Waals surface area contributed by atoms with Crippen LogP contribution in [0.3, 0.4) is 0 Å². The second-order valence-corrected chi connectivity index (χ2v) is 9.49. The van der Waals surface area contributed by atoms with E-state index in [1.807, 2.05) is 12.1 Å². The van der Waals surface area contributed by atoms with Crippen molar-refractivity contribution in [3.63, 3.8) is 0 Å². The fraction of sp³-hybridized carbons (Fsp3) is 0.321. The van der Waals surface area contributed by atoms with Crippen LogP contribution in [0.25, 0.3) is 11.3 Å². The Kier molecular flexibility index (Phi) is 6.37. The Balaban J connectivity index is 1.61. The number of aromatic nitrogens is 1. The first-order chi connectivity index (χ1) is 17.8. The highest BCUT2D eigenvalue weighted by molar-refractivity contribution is 6.08. The van der Waals surface area contributed by atoms with Gasteiger partial charge in [0.1, 0.15) is 5.75 Å². The van der Waals surface area contributed by atoms with Crippen molar-refractivity contribution in [1.82, 2.24) is 9.47 Å². The Morgan fingerprint density at radius 3 is 2.41 bits per heavy atom. The number of carbonyl (C=O) groups is 3. The van der Waals surface area contributed by atoms with E-state index in [0.29, 0.717) is 35.3 Å². The SMILES string of the molecule is COC(=O)c1cc2c(cc1-c1cc(C(=O)N(C)c3ccc(O)cc3)c3n1CCCC3)CCN(C(=O)O)C2. The zero-order valence-corrected chi connectivity index (χ0v) is 20.9. The number of carboxylic acid groups (broad SMARTS) is 1. The van der Waals surface area contributed by atoms with Crippen LogP contribution >= 0.6 is 0 Å². The maximum absolute atomic E-state index is 13.7. The molecule has 2 amide bonds. The predicted octanol–water partition coefficient (Wildman–Crippen LogP) is 4.30. The van der Waals surface area contributed by atoms with Crippen molar-refractivity contribution in [3.8, 4) is 17.0 Å². The zero-order chi connectivity index (χ0) is 26.3. The number of esters is 1. The van der Waals surface area contributed by atoms with E-state index in [2.05, 4.69) is 4.57 Å². The van der Waals surface area contributed by atoms with Crippen LogP contribution in [0, 0.1) is 0 Å². The normalized spacial score (nSPS) is 14.5. The number of amides is 2. The lowest BCUT2D eigenvalue weighted by Gasteiger charge is -2.28. The minimum atomic E-state index is -0.990. The Morgan fingerprint density at radius 2 is 1.70 bits per heavy atom. The van der Waals surface area contributed by atoms with Crippen LogP contribution in [0.4, 0.5) is 10.5 Å². The first kappa shape index (κ1) is 24.4. The second kappa shape index (κ2) is 9.65. The molecule has 9 nitrogen and oxygen atoms in total. The van der Waals surface area contributed by atoms with Crippen molar-refractivity contribution >= 4 is 23.7 Å². The summed E-state index contributed by atoms with van der Waals surface area (Å²) < 4.78 is 7.22. The molecule has 0 saturated heterocycles. The minimum Gasteiger partial charge on any atom is -0.508 e. The lowest BCUT2D eigenvalue weighted by Crippen LogP contribution is -2.35. The minimum absolute atomic E-state index is 0.127. The van der Waals surface area contributed by atoms with Gasteiger partial charge in [-0.15, -0.1) is 0 Å². The molecule has 2 aliphatic heterocycles. The molecule has 1 aromatic heterocycles. The quantitative estimate of drug-likeness (QED) is 0.514. The van der Waals surface area contributed by atoms with Gasteiger partial charge in [-0.05, 0) is 79.3 Å². The summed E-state index contributed by atoms with van der Waals surface area (Å²) in [5.41, 5.74) is 5.76. The molecule has 0 fully saturated rings. The molecule has 0 aliphatic carbocycles. The maximum atomic E-state index is 13.7. The van der Waals surface area contributed by atoms with E-state index in [1.54, 1.807) is 42.3 Å². The van der Waals surface area contributed by atoms with E-state index in [1.165, 1.54) is 12.0 Å². The number of methoxy groups -OCH3 is 1. The molecule has 2 aromatic carbocycles. The summed E-state index contributed by atoms with van der Waals surface area (Å²) in [5, 5.41) is 19.1. The number of anilines is 1. The summed E-state index contributed by atoms with van der Waals surface area (Å²) >= 11 is 0. The molecule has 2 aliphatic rings. The number of benzene rings is 2. The van der Waals surface area contributed by atoms with Crippen molar-refractivity contribution in [3.05, 3.63) is 70.4 Å². The van der Waals surface area contributed by atoms with Crippen molar-refractivity contribution < 1.29 is 29.3 Å². The van der Waals surface area contributed by atoms with E-state index in [9.17, 15) is 24.6 Å². The molecule has 3 heterocycles. The average Bonchev–Trinajstić information content (AvgIpc) is 3.30. The van der Waals surface area contributed by atoms with E-state index in [-0.39, 0.29) is 18.2 Å². The average molecular weight is 504 g/mol. The first-order valence-electron chi connectivity index (χ1n) is 12.3. The Bertz CT molecular complexity index is 1390. The molecular weight excluding hydrogens is 474 g/mol. The third-order valence-corrected chi connectivity index (χ3v) is 7.33. The van der Waals surface area contributed by atoms with Gasteiger partial charge in [0, 0.05) is 49.3 Å². The summed E-state index contributed by atoms with van der Waals surface area (Å²) in [5.74, 6) is -0.551. The van der Waals surface area contributed by atoms with Gasteiger partial charge in [-0.3, -0.25) is 4.79 Å². The van der Waals surface area contributed by atoms with Crippen LogP contribution in [0.2, 0.25) is 0 Å². The highest BCUT2D eigenvalue weighted by atomic mass is 16.5. The largest absolute Gasteiger partial charge is 0.508 e. The number of carbonyl (C=O) groups excluding carboxylic acids is 2. The van der Waals surface area contributed by atoms with Gasteiger partial charge in [0.15, 0.2) is 0 Å². The molecule has 0 atom stereocenters. The maximum Gasteiger partial charge on any atom is 0.407 e. The van der Waals surface area contributed by atoms with Gasteiger partial charge in [-0.1, -0.05) is 0 Å². The smallest absolute Gasteiger partial charge is 0.407 e. The molecule has 5 rings (SSSR count). The van der Waals surface area contributed by atoms with Crippen LogP contribution in [-0.2, 0) is 30.7 Å². The Hall–Kier alpha value is -4.27. The summed E-state index contributed by atoms with van der Waals surface area (Å²) in [6, 6.07) is 12.0. The highest BCUT2D eigenvalue weighted by Crippen LogP contribution is 2.36. The number of nitrogens with zero attached hydrogens (tertiary/aromatic N) is 3. The highest BCUT2D eigenvalue weighted by Gasteiger charge is 2.29. The van der Waals surface area contributed by atoms with Gasteiger partial charge in [-0.2, -0.15) is 0 Å². The standard InChI is InChI=1S/C28H29N3O6/c1-29(19-6-8-20(32)9-7-19)26(33)23-15-25(31-11-4-3-5-24(23)31)21-13-17-10-12-30(28(35)36)16-18(17)14-22(21)27(34)37-2/h6-9,13-15,32H,3-5,10-12,16H2,1-2H3,(H,35,36). The summed E-state index contributed by atoms with van der Waals surface area (Å²) in [6.07, 6.45) is 2.22. The molecule has 9 heteroatoms. The van der Waals surface area contributed by atoms with Crippen LogP contribution in [-0.4, -0.2) is 58.4 Å². The summed E-state index contributed by atoms with van der Waals surface area (Å²) in [7, 11) is 3.03. The van der Waals surface area contributed by atoms with Gasteiger partial charge in [-0.25, -0.2) is 9.59 Å². The number of ether oxygens (including phenoxy) is 1. The van der Waals surface area contributed by atoms with E-state index >= 15 is 0 Å². The first-order valence-corrected chi connectivity index (χ1v) is 12.3. The second-order valence-electron chi connectivity index (χ2n) is 9.49. The summed E-state index contributed by atoms with van der Waals surface area (Å²) in [4.78, 5) is 40.9. The molecule has 0 saturated carbocycles. The molecule has 2 N–H and O–H groups in total. The summed E-state index contributed by atoms with van der Waals surface area (Å²) in [6.45, 7) is 1.32. The number of phenolic OH excluding ortho intramolecular Hbond substituents is 1. The monoisotopic (exact) mass is 503 g/mol. The Labute approximate surface area is 214 Å². The van der Waals surface area contributed by atoms with Gasteiger partial charge in [0.25, 0.3) is 5.91 Å². The van der Waals surface area contributed by atoms with E-state index < -0.39 is 12.1 Å². The van der Waals surface area contributed by atoms with Gasteiger partial charge in [0.05, 0.1) is 18.2 Å². The Morgan fingerprint density at radius 1 is 0.946 bits per heavy atom. The van der Waals surface area contributed by atoms with Crippen molar-refractivity contribution in [2.75, 3.05) is 25.6 Å². The number of phenols is 1. The van der Waals surface area contributed by atoms with Gasteiger partial charge in [0.2, 0.25) is 0 Å². The van der Waals surface area contributed by atoms with Crippen LogP contribution in [0.15, 0.2) is 42.5 Å². The topological polar surface area (TPSA) is 112 Å². The fourth-order valence-electron chi connectivity index (χ4n) is 5.32. The molecule has 0 bridgehead atoms. The molecule has 192 valence electrons. The number of rotatable bonds is 4. The number of hydrogen-bond donors (Lipinski definition) is 2. The molecule has 37 heavy (non-hydrogen) atoms. The predicted molar refractivity (Wildman–Crippen MR) is 137 cm³/mol. The van der Waals surface area contributed by atoms with Crippen molar-refractivity contribution in [1.29, 1.82) is 0 Å². The third kappa shape index (κ3) is 4.41. The van der Waals surface area contributed by atoms with Crippen LogP contribution < -0.4 is 4.90 Å². The lowest BCUT2D eigenvalue weighted by atomic mass is 9.92. The number of hydrogen-bond acceptors (Lipinski definition) is 5. The molecule has 3 aromatic rings. The van der Waals surface area contributed by atoms with Crippen LogP contribution in [0.5, 0.6) is 5.75 Å². The number of aromatic hydroxyl groups is 1. The molecule has 0 spiro atoms.